The van der Waals surface area contributed by atoms with Gasteiger partial charge in [0.25, 0.3) is 0 Å². The summed E-state index contributed by atoms with van der Waals surface area (Å²) in [5, 5.41) is 15.2. The van der Waals surface area contributed by atoms with Gasteiger partial charge in [0.05, 0.1) is 12.8 Å². The number of urea groups is 1. The van der Waals surface area contributed by atoms with Crippen LogP contribution in [0.5, 0.6) is 5.75 Å². The molecule has 1 heterocycles. The Morgan fingerprint density at radius 3 is 2.79 bits per heavy atom. The fourth-order valence-corrected chi connectivity index (χ4v) is 2.52. The Bertz CT molecular complexity index is 658. The van der Waals surface area contributed by atoms with Crippen LogP contribution in [0.25, 0.3) is 0 Å². The molecular weight excluding hydrogens is 330 g/mol. The summed E-state index contributed by atoms with van der Waals surface area (Å²) in [6.45, 7) is 1.99. The first-order chi connectivity index (χ1) is 11.6. The van der Waals surface area contributed by atoms with Crippen molar-refractivity contribution in [2.45, 2.75) is 13.0 Å². The van der Waals surface area contributed by atoms with Crippen LogP contribution in [0.1, 0.15) is 23.5 Å². The van der Waals surface area contributed by atoms with E-state index in [1.165, 1.54) is 11.1 Å². The zero-order valence-corrected chi connectivity index (χ0v) is 14.0. The van der Waals surface area contributed by atoms with E-state index in [1.54, 1.807) is 11.3 Å². The molecule has 0 aliphatic carbocycles. The zero-order chi connectivity index (χ0) is 17.4. The third kappa shape index (κ3) is 5.56. The van der Waals surface area contributed by atoms with E-state index in [-0.39, 0.29) is 19.3 Å². The molecule has 0 fully saturated rings. The molecule has 0 spiro atoms. The van der Waals surface area contributed by atoms with Gasteiger partial charge in [-0.25, -0.2) is 9.86 Å². The van der Waals surface area contributed by atoms with Gasteiger partial charge in [-0.15, -0.1) is 11.3 Å². The number of nitrogens with zero attached hydrogens (tertiary/aromatic N) is 2. The van der Waals surface area contributed by atoms with Gasteiger partial charge in [-0.3, -0.25) is 5.21 Å². The maximum Gasteiger partial charge on any atom is 0.338 e. The molecule has 8 heteroatoms. The summed E-state index contributed by atoms with van der Waals surface area (Å²) >= 11 is 1.66. The minimum atomic E-state index is -0.935. The van der Waals surface area contributed by atoms with Crippen LogP contribution in [0.2, 0.25) is 0 Å². The van der Waals surface area contributed by atoms with Crippen molar-refractivity contribution in [3.63, 3.8) is 0 Å². The topological polar surface area (TPSA) is 97.4 Å². The fraction of sp³-hybridized carbons (Fsp3) is 0.250. The molecule has 1 aromatic carbocycles. The quantitative estimate of drug-likeness (QED) is 0.331. The van der Waals surface area contributed by atoms with Crippen molar-refractivity contribution in [3.8, 4) is 5.75 Å². The van der Waals surface area contributed by atoms with Crippen LogP contribution in [-0.2, 0) is 4.84 Å². The molecule has 0 aliphatic heterocycles. The summed E-state index contributed by atoms with van der Waals surface area (Å²) in [7, 11) is 0. The molecule has 24 heavy (non-hydrogen) atoms. The Labute approximate surface area is 143 Å². The van der Waals surface area contributed by atoms with Crippen molar-refractivity contribution in [2.75, 3.05) is 13.2 Å². The van der Waals surface area contributed by atoms with Crippen LogP contribution in [0, 0.1) is 0 Å². The van der Waals surface area contributed by atoms with Gasteiger partial charge in [-0.05, 0) is 48.2 Å². The molecular formula is C16H19N3O4S. The van der Waals surface area contributed by atoms with E-state index in [2.05, 4.69) is 5.16 Å². The molecule has 3 N–H and O–H groups in total. The number of ether oxygens (including phenoxy) is 1. The largest absolute Gasteiger partial charge is 0.485 e. The number of nitrogens with two attached hydrogens (primary N) is 1. The van der Waals surface area contributed by atoms with Crippen LogP contribution in [0.15, 0.2) is 46.9 Å². The van der Waals surface area contributed by atoms with Crippen molar-refractivity contribution in [3.05, 3.63) is 52.2 Å². The number of benzene rings is 1. The molecule has 128 valence electrons. The van der Waals surface area contributed by atoms with Crippen LogP contribution >= 0.6 is 11.3 Å². The van der Waals surface area contributed by atoms with Crippen LogP contribution in [-0.4, -0.2) is 35.7 Å². The van der Waals surface area contributed by atoms with Gasteiger partial charge in [0, 0.05) is 4.88 Å². The molecule has 1 aromatic heterocycles. The summed E-state index contributed by atoms with van der Waals surface area (Å²) < 4.78 is 5.86. The average molecular weight is 349 g/mol. The monoisotopic (exact) mass is 349 g/mol. The lowest BCUT2D eigenvalue weighted by Gasteiger charge is -2.13. The van der Waals surface area contributed by atoms with Gasteiger partial charge < -0.3 is 15.3 Å². The minimum absolute atomic E-state index is 0.000432. The number of carbonyl (C=O) groups excluding carboxylic acids is 1. The molecule has 0 saturated heterocycles. The highest BCUT2D eigenvalue weighted by atomic mass is 32.1. The summed E-state index contributed by atoms with van der Waals surface area (Å²) in [5.41, 5.74) is 5.69. The summed E-state index contributed by atoms with van der Waals surface area (Å²) in [4.78, 5) is 16.7. The number of primary amides is 1. The van der Waals surface area contributed by atoms with E-state index in [1.807, 2.05) is 48.7 Å². The number of hydrogen-bond acceptors (Lipinski definition) is 6. The highest BCUT2D eigenvalue weighted by Gasteiger charge is 2.07. The third-order valence-electron chi connectivity index (χ3n) is 3.06. The number of oxime groups is 1. The zero-order valence-electron chi connectivity index (χ0n) is 13.2. The SMILES string of the molecule is CC(Oc1ccc(/C=N/OCCN(O)C(N)=O)cc1)c1cccs1. The first kappa shape index (κ1) is 17.8. The maximum atomic E-state index is 10.6. The van der Waals surface area contributed by atoms with Gasteiger partial charge in [0.15, 0.2) is 0 Å². The molecule has 0 aliphatic rings. The van der Waals surface area contributed by atoms with Crippen molar-refractivity contribution in [1.29, 1.82) is 0 Å². The van der Waals surface area contributed by atoms with E-state index < -0.39 is 6.03 Å². The van der Waals surface area contributed by atoms with Gasteiger partial charge >= 0.3 is 6.03 Å². The molecule has 2 amide bonds. The lowest BCUT2D eigenvalue weighted by Crippen LogP contribution is -2.34. The predicted molar refractivity (Wildman–Crippen MR) is 91.4 cm³/mol. The number of carbonyl (C=O) groups is 1. The Kier molecular flexibility index (Phi) is 6.59. The lowest BCUT2D eigenvalue weighted by atomic mass is 10.2. The van der Waals surface area contributed by atoms with Gasteiger partial charge in [0.1, 0.15) is 18.5 Å². The van der Waals surface area contributed by atoms with Gasteiger partial charge in [-0.1, -0.05) is 11.2 Å². The molecule has 1 unspecified atom stereocenters. The number of rotatable bonds is 8. The highest BCUT2D eigenvalue weighted by molar-refractivity contribution is 7.10. The van der Waals surface area contributed by atoms with Gasteiger partial charge in [-0.2, -0.15) is 0 Å². The molecule has 7 nitrogen and oxygen atoms in total. The van der Waals surface area contributed by atoms with Crippen molar-refractivity contribution in [2.24, 2.45) is 10.9 Å². The first-order valence-electron chi connectivity index (χ1n) is 7.27. The summed E-state index contributed by atoms with van der Waals surface area (Å²) in [6, 6.07) is 10.5. The van der Waals surface area contributed by atoms with E-state index >= 15 is 0 Å². The molecule has 2 rings (SSSR count). The fourth-order valence-electron chi connectivity index (χ4n) is 1.81. The molecule has 2 aromatic rings. The molecule has 1 atom stereocenters. The van der Waals surface area contributed by atoms with E-state index in [9.17, 15) is 4.79 Å². The first-order valence-corrected chi connectivity index (χ1v) is 8.15. The van der Waals surface area contributed by atoms with E-state index in [4.69, 9.17) is 20.5 Å². The van der Waals surface area contributed by atoms with Crippen molar-refractivity contribution < 1.29 is 19.6 Å². The minimum Gasteiger partial charge on any atom is -0.485 e. The second-order valence-electron chi connectivity index (χ2n) is 4.87. The second kappa shape index (κ2) is 8.90. The maximum absolute atomic E-state index is 10.6. The number of hydroxylamine groups is 2. The number of hydrogen-bond donors (Lipinski definition) is 2. The Hall–Kier alpha value is -2.58. The lowest BCUT2D eigenvalue weighted by molar-refractivity contribution is -0.0559. The average Bonchev–Trinajstić information content (AvgIpc) is 3.10. The highest BCUT2D eigenvalue weighted by Crippen LogP contribution is 2.24. The Morgan fingerprint density at radius 1 is 1.42 bits per heavy atom. The number of thiophene rings is 1. The Balaban J connectivity index is 1.77. The summed E-state index contributed by atoms with van der Waals surface area (Å²) in [5.74, 6) is 0.770. The second-order valence-corrected chi connectivity index (χ2v) is 5.85. The van der Waals surface area contributed by atoms with Crippen molar-refractivity contribution in [1.82, 2.24) is 5.06 Å². The standard InChI is InChI=1S/C16H19N3O4S/c1-12(15-3-2-10-24-15)23-14-6-4-13(5-7-14)11-18-22-9-8-19(21)16(17)20/h2-7,10-12,21H,8-9H2,1H3,(H2,17,20)/b18-11+. The van der Waals surface area contributed by atoms with Gasteiger partial charge in [0.2, 0.25) is 0 Å². The molecule has 0 bridgehead atoms. The summed E-state index contributed by atoms with van der Waals surface area (Å²) in [6.07, 6.45) is 1.53. The third-order valence-corrected chi connectivity index (χ3v) is 4.10. The number of amides is 2. The van der Waals surface area contributed by atoms with Crippen molar-refractivity contribution >= 4 is 23.6 Å². The molecule has 0 saturated carbocycles. The molecule has 0 radical (unpaired) electrons. The predicted octanol–water partition coefficient (Wildman–Crippen LogP) is 3.01. The van der Waals surface area contributed by atoms with E-state index in [0.717, 1.165) is 11.3 Å². The van der Waals surface area contributed by atoms with Crippen LogP contribution in [0.3, 0.4) is 0 Å². The normalized spacial score (nSPS) is 12.1. The Morgan fingerprint density at radius 2 is 2.17 bits per heavy atom. The smallest absolute Gasteiger partial charge is 0.338 e. The van der Waals surface area contributed by atoms with Crippen LogP contribution < -0.4 is 10.5 Å². The van der Waals surface area contributed by atoms with Crippen LogP contribution in [0.4, 0.5) is 4.79 Å². The van der Waals surface area contributed by atoms with E-state index in [0.29, 0.717) is 5.06 Å².